The second-order valence-electron chi connectivity index (χ2n) is 5.00. The van der Waals surface area contributed by atoms with Crippen molar-refractivity contribution in [1.82, 2.24) is 5.32 Å². The number of hydrogen-bond acceptors (Lipinski definition) is 2. The second kappa shape index (κ2) is 6.01. The number of amides is 1. The molecule has 3 heteroatoms. The molecule has 1 atom stereocenters. The average Bonchev–Trinajstić information content (AvgIpc) is 2.42. The lowest BCUT2D eigenvalue weighted by Gasteiger charge is -2.23. The molecule has 1 saturated heterocycles. The van der Waals surface area contributed by atoms with Crippen molar-refractivity contribution in [3.63, 3.8) is 0 Å². The fraction of sp³-hybridized carbons (Fsp3) is 0.533. The molecule has 1 fully saturated rings. The number of anilines is 1. The van der Waals surface area contributed by atoms with Gasteiger partial charge in [-0.1, -0.05) is 25.1 Å². The number of benzene rings is 1. The summed E-state index contributed by atoms with van der Waals surface area (Å²) < 4.78 is 0. The SMILES string of the molecule is CCc1cccc(C)c1NC(=O)C1CCCNC1. The predicted octanol–water partition coefficient (Wildman–Crippen LogP) is 2.50. The van der Waals surface area contributed by atoms with E-state index in [1.165, 1.54) is 5.56 Å². The average molecular weight is 246 g/mol. The van der Waals surface area contributed by atoms with Gasteiger partial charge < -0.3 is 10.6 Å². The molecule has 1 amide bonds. The third kappa shape index (κ3) is 2.91. The topological polar surface area (TPSA) is 41.1 Å². The maximum Gasteiger partial charge on any atom is 0.228 e. The van der Waals surface area contributed by atoms with Crippen molar-refractivity contribution in [3.8, 4) is 0 Å². The quantitative estimate of drug-likeness (QED) is 0.860. The summed E-state index contributed by atoms with van der Waals surface area (Å²) in [6.07, 6.45) is 3.03. The van der Waals surface area contributed by atoms with E-state index in [0.29, 0.717) is 0 Å². The molecule has 1 aliphatic heterocycles. The van der Waals surface area contributed by atoms with E-state index in [9.17, 15) is 4.79 Å². The van der Waals surface area contributed by atoms with Crippen LogP contribution in [0.25, 0.3) is 0 Å². The largest absolute Gasteiger partial charge is 0.325 e. The third-order valence-corrected chi connectivity index (χ3v) is 3.66. The molecule has 1 unspecified atom stereocenters. The highest BCUT2D eigenvalue weighted by Crippen LogP contribution is 2.22. The molecule has 2 rings (SSSR count). The molecule has 2 N–H and O–H groups in total. The molecular weight excluding hydrogens is 224 g/mol. The van der Waals surface area contributed by atoms with E-state index < -0.39 is 0 Å². The normalized spacial score (nSPS) is 19.6. The predicted molar refractivity (Wildman–Crippen MR) is 74.8 cm³/mol. The zero-order valence-corrected chi connectivity index (χ0v) is 11.3. The summed E-state index contributed by atoms with van der Waals surface area (Å²) in [5.41, 5.74) is 3.37. The highest BCUT2D eigenvalue weighted by molar-refractivity contribution is 5.94. The second-order valence-corrected chi connectivity index (χ2v) is 5.00. The van der Waals surface area contributed by atoms with Gasteiger partial charge in [0, 0.05) is 12.2 Å². The van der Waals surface area contributed by atoms with Crippen molar-refractivity contribution in [1.29, 1.82) is 0 Å². The number of para-hydroxylation sites is 1. The van der Waals surface area contributed by atoms with Crippen molar-refractivity contribution in [2.24, 2.45) is 5.92 Å². The van der Waals surface area contributed by atoms with Gasteiger partial charge in [0.15, 0.2) is 0 Å². The van der Waals surface area contributed by atoms with Gasteiger partial charge in [0.05, 0.1) is 5.92 Å². The van der Waals surface area contributed by atoms with Crippen molar-refractivity contribution in [2.45, 2.75) is 33.1 Å². The van der Waals surface area contributed by atoms with E-state index in [2.05, 4.69) is 23.6 Å². The van der Waals surface area contributed by atoms with Crippen LogP contribution in [0.1, 0.15) is 30.9 Å². The van der Waals surface area contributed by atoms with Gasteiger partial charge in [-0.05, 0) is 43.9 Å². The Kier molecular flexibility index (Phi) is 4.37. The molecule has 0 aliphatic carbocycles. The van der Waals surface area contributed by atoms with Crippen LogP contribution in [0.4, 0.5) is 5.69 Å². The molecule has 0 bridgehead atoms. The standard InChI is InChI=1S/C15H22N2O/c1-3-12-7-4-6-11(2)14(12)17-15(18)13-8-5-9-16-10-13/h4,6-7,13,16H,3,5,8-10H2,1-2H3,(H,17,18). The van der Waals surface area contributed by atoms with Crippen LogP contribution in [-0.2, 0) is 11.2 Å². The zero-order chi connectivity index (χ0) is 13.0. The molecule has 1 aromatic rings. The Morgan fingerprint density at radius 3 is 3.00 bits per heavy atom. The van der Waals surface area contributed by atoms with Gasteiger partial charge in [-0.25, -0.2) is 0 Å². The first-order valence-corrected chi connectivity index (χ1v) is 6.82. The summed E-state index contributed by atoms with van der Waals surface area (Å²) in [5.74, 6) is 0.272. The van der Waals surface area contributed by atoms with Crippen LogP contribution in [0, 0.1) is 12.8 Å². The molecule has 98 valence electrons. The van der Waals surface area contributed by atoms with Crippen LogP contribution in [0.5, 0.6) is 0 Å². The Balaban J connectivity index is 2.10. The molecule has 0 saturated carbocycles. The Labute approximate surface area is 109 Å². The number of aryl methyl sites for hydroxylation is 2. The number of rotatable bonds is 3. The monoisotopic (exact) mass is 246 g/mol. The van der Waals surface area contributed by atoms with E-state index in [-0.39, 0.29) is 11.8 Å². The number of carbonyl (C=O) groups excluding carboxylic acids is 1. The van der Waals surface area contributed by atoms with E-state index >= 15 is 0 Å². The lowest BCUT2D eigenvalue weighted by molar-refractivity contribution is -0.120. The number of nitrogens with one attached hydrogen (secondary N) is 2. The van der Waals surface area contributed by atoms with Crippen LogP contribution in [0.15, 0.2) is 18.2 Å². The van der Waals surface area contributed by atoms with E-state index in [4.69, 9.17) is 0 Å². The maximum atomic E-state index is 12.2. The van der Waals surface area contributed by atoms with Crippen LogP contribution < -0.4 is 10.6 Å². The molecule has 1 aromatic carbocycles. The molecule has 0 aromatic heterocycles. The first-order valence-electron chi connectivity index (χ1n) is 6.82. The van der Waals surface area contributed by atoms with Crippen molar-refractivity contribution < 1.29 is 4.79 Å². The number of piperidine rings is 1. The number of carbonyl (C=O) groups is 1. The summed E-state index contributed by atoms with van der Waals surface area (Å²) in [4.78, 5) is 12.2. The van der Waals surface area contributed by atoms with Crippen LogP contribution in [0.3, 0.4) is 0 Å². The first kappa shape index (κ1) is 13.1. The van der Waals surface area contributed by atoms with Crippen molar-refractivity contribution in [2.75, 3.05) is 18.4 Å². The maximum absolute atomic E-state index is 12.2. The molecular formula is C15H22N2O. The van der Waals surface area contributed by atoms with Crippen LogP contribution in [0.2, 0.25) is 0 Å². The molecule has 0 radical (unpaired) electrons. The Hall–Kier alpha value is -1.35. The lowest BCUT2D eigenvalue weighted by Crippen LogP contribution is -2.37. The molecule has 3 nitrogen and oxygen atoms in total. The smallest absolute Gasteiger partial charge is 0.228 e. The molecule has 1 heterocycles. The van der Waals surface area contributed by atoms with Gasteiger partial charge >= 0.3 is 0 Å². The van der Waals surface area contributed by atoms with Crippen LogP contribution in [-0.4, -0.2) is 19.0 Å². The van der Waals surface area contributed by atoms with Gasteiger partial charge in [-0.15, -0.1) is 0 Å². The minimum atomic E-state index is 0.114. The summed E-state index contributed by atoms with van der Waals surface area (Å²) in [6.45, 7) is 6.01. The summed E-state index contributed by atoms with van der Waals surface area (Å²) >= 11 is 0. The minimum Gasteiger partial charge on any atom is -0.325 e. The molecule has 1 aliphatic rings. The Bertz CT molecular complexity index is 423. The molecule has 0 spiro atoms. The molecule has 18 heavy (non-hydrogen) atoms. The fourth-order valence-corrected chi connectivity index (χ4v) is 2.50. The first-order chi connectivity index (χ1) is 8.72. The van der Waals surface area contributed by atoms with Crippen LogP contribution >= 0.6 is 0 Å². The lowest BCUT2D eigenvalue weighted by atomic mass is 9.98. The van der Waals surface area contributed by atoms with Gasteiger partial charge in [0.1, 0.15) is 0 Å². The summed E-state index contributed by atoms with van der Waals surface area (Å²) in [6, 6.07) is 6.18. The highest BCUT2D eigenvalue weighted by Gasteiger charge is 2.21. The Morgan fingerprint density at radius 2 is 2.33 bits per heavy atom. The third-order valence-electron chi connectivity index (χ3n) is 3.66. The minimum absolute atomic E-state index is 0.114. The van der Waals surface area contributed by atoms with Gasteiger partial charge in [-0.2, -0.15) is 0 Å². The van der Waals surface area contributed by atoms with Gasteiger partial charge in [0.25, 0.3) is 0 Å². The zero-order valence-electron chi connectivity index (χ0n) is 11.3. The number of hydrogen-bond donors (Lipinski definition) is 2. The fourth-order valence-electron chi connectivity index (χ4n) is 2.50. The van der Waals surface area contributed by atoms with E-state index in [1.807, 2.05) is 19.1 Å². The Morgan fingerprint density at radius 1 is 1.50 bits per heavy atom. The van der Waals surface area contributed by atoms with Gasteiger partial charge in [-0.3, -0.25) is 4.79 Å². The highest BCUT2D eigenvalue weighted by atomic mass is 16.1. The van der Waals surface area contributed by atoms with Gasteiger partial charge in [0.2, 0.25) is 5.91 Å². The summed E-state index contributed by atoms with van der Waals surface area (Å²) in [7, 11) is 0. The van der Waals surface area contributed by atoms with E-state index in [1.54, 1.807) is 0 Å². The van der Waals surface area contributed by atoms with Crippen molar-refractivity contribution >= 4 is 11.6 Å². The summed E-state index contributed by atoms with van der Waals surface area (Å²) in [5, 5.41) is 6.40. The van der Waals surface area contributed by atoms with Crippen molar-refractivity contribution in [3.05, 3.63) is 29.3 Å². The van der Waals surface area contributed by atoms with E-state index in [0.717, 1.165) is 43.6 Å².